The van der Waals surface area contributed by atoms with Crippen LogP contribution in [0.25, 0.3) is 0 Å². The van der Waals surface area contributed by atoms with Gasteiger partial charge in [-0.2, -0.15) is 0 Å². The van der Waals surface area contributed by atoms with E-state index in [9.17, 15) is 4.39 Å². The molecule has 0 bridgehead atoms. The second kappa shape index (κ2) is 4.63. The van der Waals surface area contributed by atoms with Crippen LogP contribution in [0.1, 0.15) is 11.3 Å². The Balaban J connectivity index is 2.24. The van der Waals surface area contributed by atoms with Gasteiger partial charge in [0.05, 0.1) is 29.8 Å². The molecular weight excluding hydrogens is 231 g/mol. The summed E-state index contributed by atoms with van der Waals surface area (Å²) in [5.74, 6) is -0.432. The van der Waals surface area contributed by atoms with Gasteiger partial charge in [0.25, 0.3) is 0 Å². The maximum Gasteiger partial charge on any atom is 0.141 e. The maximum atomic E-state index is 12.9. The van der Waals surface area contributed by atoms with Crippen molar-refractivity contribution in [3.8, 4) is 0 Å². The van der Waals surface area contributed by atoms with E-state index < -0.39 is 5.82 Å². The van der Waals surface area contributed by atoms with Gasteiger partial charge in [0, 0.05) is 6.54 Å². The summed E-state index contributed by atoms with van der Waals surface area (Å²) in [4.78, 5) is 3.93. The Morgan fingerprint density at radius 1 is 1.44 bits per heavy atom. The third-order valence-corrected chi connectivity index (χ3v) is 2.59. The summed E-state index contributed by atoms with van der Waals surface area (Å²) in [5.41, 5.74) is 1.57. The highest BCUT2D eigenvalue weighted by Gasteiger charge is 2.04. The van der Waals surface area contributed by atoms with Gasteiger partial charge in [0.1, 0.15) is 5.82 Å². The molecule has 16 heavy (non-hydrogen) atoms. The molecule has 0 unspecified atom stereocenters. The zero-order valence-corrected chi connectivity index (χ0v) is 9.15. The van der Waals surface area contributed by atoms with Gasteiger partial charge in [-0.05, 0) is 17.7 Å². The fraction of sp³-hybridized carbons (Fsp3) is 0.182. The second-order valence-electron chi connectivity index (χ2n) is 3.42. The van der Waals surface area contributed by atoms with Crippen molar-refractivity contribution in [1.29, 1.82) is 0 Å². The smallest absolute Gasteiger partial charge is 0.141 e. The molecule has 0 radical (unpaired) electrons. The third-order valence-electron chi connectivity index (χ3n) is 2.30. The van der Waals surface area contributed by atoms with Crippen molar-refractivity contribution in [3.63, 3.8) is 0 Å². The minimum atomic E-state index is -0.432. The van der Waals surface area contributed by atoms with Crippen LogP contribution in [0.2, 0.25) is 5.02 Å². The Morgan fingerprint density at radius 2 is 2.25 bits per heavy atom. The van der Waals surface area contributed by atoms with Crippen LogP contribution in [0.15, 0.2) is 30.7 Å². The Morgan fingerprint density at radius 3 is 2.94 bits per heavy atom. The zero-order valence-electron chi connectivity index (χ0n) is 8.40. The second-order valence-corrected chi connectivity index (χ2v) is 3.83. The number of hydrogen-bond acceptors (Lipinski definition) is 2. The summed E-state index contributed by atoms with van der Waals surface area (Å²) >= 11 is 5.68. The number of aliphatic hydroxyl groups excluding tert-OH is 1. The topological polar surface area (TPSA) is 38.1 Å². The quantitative estimate of drug-likeness (QED) is 0.893. The first kappa shape index (κ1) is 11.1. The zero-order chi connectivity index (χ0) is 11.5. The van der Waals surface area contributed by atoms with Crippen molar-refractivity contribution >= 4 is 11.6 Å². The van der Waals surface area contributed by atoms with Gasteiger partial charge >= 0.3 is 0 Å². The minimum absolute atomic E-state index is 0.0745. The highest BCUT2D eigenvalue weighted by atomic mass is 35.5. The molecule has 0 aliphatic carbocycles. The highest BCUT2D eigenvalue weighted by molar-refractivity contribution is 6.30. The molecule has 1 aromatic heterocycles. The molecule has 0 aliphatic heterocycles. The molecule has 3 nitrogen and oxygen atoms in total. The van der Waals surface area contributed by atoms with E-state index >= 15 is 0 Å². The number of halogens is 2. The number of nitrogens with zero attached hydrogens (tertiary/aromatic N) is 2. The van der Waals surface area contributed by atoms with Crippen LogP contribution in [0, 0.1) is 5.82 Å². The molecule has 1 N–H and O–H groups in total. The predicted octanol–water partition coefficient (Wildman–Crippen LogP) is 2.22. The van der Waals surface area contributed by atoms with Crippen molar-refractivity contribution in [3.05, 3.63) is 52.8 Å². The van der Waals surface area contributed by atoms with Crippen molar-refractivity contribution in [2.24, 2.45) is 0 Å². The molecule has 0 fully saturated rings. The molecular formula is C11H10ClFN2O. The molecule has 5 heteroatoms. The van der Waals surface area contributed by atoms with Gasteiger partial charge in [-0.3, -0.25) is 0 Å². The minimum Gasteiger partial charge on any atom is -0.390 e. The van der Waals surface area contributed by atoms with E-state index in [2.05, 4.69) is 4.98 Å². The number of rotatable bonds is 3. The van der Waals surface area contributed by atoms with Gasteiger partial charge in [0.15, 0.2) is 0 Å². The number of hydrogen-bond donors (Lipinski definition) is 1. The lowest BCUT2D eigenvalue weighted by Crippen LogP contribution is -2.03. The largest absolute Gasteiger partial charge is 0.390 e. The van der Waals surface area contributed by atoms with Crippen molar-refractivity contribution in [2.45, 2.75) is 13.2 Å². The fourth-order valence-corrected chi connectivity index (χ4v) is 1.66. The molecule has 0 atom stereocenters. The summed E-state index contributed by atoms with van der Waals surface area (Å²) in [6.07, 6.45) is 3.20. The van der Waals surface area contributed by atoms with Crippen molar-refractivity contribution in [1.82, 2.24) is 9.55 Å². The van der Waals surface area contributed by atoms with Crippen LogP contribution in [0.4, 0.5) is 4.39 Å². The van der Waals surface area contributed by atoms with E-state index in [0.717, 1.165) is 5.56 Å². The molecule has 2 aromatic rings. The van der Waals surface area contributed by atoms with Crippen LogP contribution in [0.5, 0.6) is 0 Å². The first-order chi connectivity index (χ1) is 7.70. The van der Waals surface area contributed by atoms with E-state index in [1.54, 1.807) is 29.2 Å². The Labute approximate surface area is 97.1 Å². The molecule has 0 spiro atoms. The fourth-order valence-electron chi connectivity index (χ4n) is 1.46. The highest BCUT2D eigenvalue weighted by Crippen LogP contribution is 2.17. The number of aliphatic hydroxyl groups is 1. The van der Waals surface area contributed by atoms with E-state index in [4.69, 9.17) is 16.7 Å². The SMILES string of the molecule is OCc1cncn1Cc1ccc(F)c(Cl)c1. The first-order valence-electron chi connectivity index (χ1n) is 4.74. The average molecular weight is 241 g/mol. The lowest BCUT2D eigenvalue weighted by molar-refractivity contribution is 0.271. The van der Waals surface area contributed by atoms with E-state index in [-0.39, 0.29) is 11.6 Å². The van der Waals surface area contributed by atoms with Crippen LogP contribution in [-0.2, 0) is 13.2 Å². The summed E-state index contributed by atoms with van der Waals surface area (Å²) < 4.78 is 14.7. The lowest BCUT2D eigenvalue weighted by atomic mass is 10.2. The normalized spacial score (nSPS) is 10.7. The van der Waals surface area contributed by atoms with E-state index in [0.29, 0.717) is 12.2 Å². The Hall–Kier alpha value is -1.39. The standard InChI is InChI=1S/C11H10ClFN2O/c12-10-3-8(1-2-11(10)13)5-15-7-14-4-9(15)6-16/h1-4,7,16H,5-6H2. The summed E-state index contributed by atoms with van der Waals surface area (Å²) in [7, 11) is 0. The summed E-state index contributed by atoms with van der Waals surface area (Å²) in [6, 6.07) is 4.55. The number of imidazole rings is 1. The van der Waals surface area contributed by atoms with Gasteiger partial charge in [-0.15, -0.1) is 0 Å². The number of benzene rings is 1. The molecule has 0 saturated carbocycles. The Bertz CT molecular complexity index is 498. The Kier molecular flexibility index (Phi) is 3.22. The molecule has 0 saturated heterocycles. The van der Waals surface area contributed by atoms with Gasteiger partial charge in [0.2, 0.25) is 0 Å². The van der Waals surface area contributed by atoms with Gasteiger partial charge in [-0.25, -0.2) is 9.37 Å². The van der Waals surface area contributed by atoms with Crippen molar-refractivity contribution in [2.75, 3.05) is 0 Å². The molecule has 0 amide bonds. The molecule has 1 heterocycles. The lowest BCUT2D eigenvalue weighted by Gasteiger charge is -2.06. The predicted molar refractivity (Wildman–Crippen MR) is 58.7 cm³/mol. The van der Waals surface area contributed by atoms with Gasteiger partial charge < -0.3 is 9.67 Å². The summed E-state index contributed by atoms with van der Waals surface area (Å²) in [6.45, 7) is 0.435. The monoisotopic (exact) mass is 240 g/mol. The van der Waals surface area contributed by atoms with E-state index in [1.807, 2.05) is 0 Å². The van der Waals surface area contributed by atoms with Gasteiger partial charge in [-0.1, -0.05) is 17.7 Å². The first-order valence-corrected chi connectivity index (χ1v) is 5.12. The molecule has 1 aromatic carbocycles. The summed E-state index contributed by atoms with van der Waals surface area (Å²) in [5, 5.41) is 9.14. The number of aromatic nitrogens is 2. The van der Waals surface area contributed by atoms with Crippen LogP contribution < -0.4 is 0 Å². The maximum absolute atomic E-state index is 12.9. The van der Waals surface area contributed by atoms with Crippen LogP contribution in [-0.4, -0.2) is 14.7 Å². The van der Waals surface area contributed by atoms with Crippen LogP contribution >= 0.6 is 11.6 Å². The van der Waals surface area contributed by atoms with Crippen molar-refractivity contribution < 1.29 is 9.50 Å². The van der Waals surface area contributed by atoms with E-state index in [1.165, 1.54) is 6.07 Å². The molecule has 84 valence electrons. The molecule has 2 rings (SSSR count). The van der Waals surface area contributed by atoms with Crippen LogP contribution in [0.3, 0.4) is 0 Å². The average Bonchev–Trinajstić information content (AvgIpc) is 2.71. The molecule has 0 aliphatic rings. The third kappa shape index (κ3) is 2.23.